The van der Waals surface area contributed by atoms with Gasteiger partial charge >= 0.3 is 0 Å². The topological polar surface area (TPSA) is 48.1 Å². The van der Waals surface area contributed by atoms with E-state index in [0.717, 1.165) is 39.0 Å². The van der Waals surface area contributed by atoms with Crippen LogP contribution in [0.4, 0.5) is 22.7 Å². The largest absolute Gasteiger partial charge is 0.385 e. The molecule has 4 N–H and O–H groups in total. The lowest BCUT2D eigenvalue weighted by Crippen LogP contribution is -2.11. The van der Waals surface area contributed by atoms with E-state index in [0.29, 0.717) is 0 Å². The molecular weight excluding hydrogens is 272 g/mol. The van der Waals surface area contributed by atoms with Crippen molar-refractivity contribution in [3.63, 3.8) is 0 Å². The van der Waals surface area contributed by atoms with E-state index < -0.39 is 0 Å². The van der Waals surface area contributed by atoms with E-state index in [4.69, 9.17) is 0 Å². The first kappa shape index (κ1) is 14.6. The summed E-state index contributed by atoms with van der Waals surface area (Å²) in [5, 5.41) is 13.8. The Labute approximate surface area is 132 Å². The van der Waals surface area contributed by atoms with Crippen LogP contribution in [0.5, 0.6) is 0 Å². The van der Waals surface area contributed by atoms with E-state index >= 15 is 0 Å². The fraction of sp³-hybridized carbons (Fsp3) is 0.333. The number of nitrogens with one attached hydrogen (secondary N) is 4. The molecule has 0 aliphatic carbocycles. The molecule has 2 aromatic rings. The van der Waals surface area contributed by atoms with Crippen molar-refractivity contribution in [2.45, 2.75) is 12.8 Å². The first-order valence-electron chi connectivity index (χ1n) is 8.06. The highest BCUT2D eigenvalue weighted by atomic mass is 14.9. The molecule has 0 radical (unpaired) electrons. The van der Waals surface area contributed by atoms with Crippen molar-refractivity contribution >= 4 is 22.7 Å². The molecule has 6 rings (SSSR count). The van der Waals surface area contributed by atoms with Crippen LogP contribution >= 0.6 is 0 Å². The van der Waals surface area contributed by atoms with Gasteiger partial charge in [0.1, 0.15) is 0 Å². The molecule has 0 saturated carbocycles. The second-order valence-electron chi connectivity index (χ2n) is 5.57. The van der Waals surface area contributed by atoms with Crippen LogP contribution in [0, 0.1) is 0 Å². The van der Waals surface area contributed by atoms with Gasteiger partial charge in [-0.15, -0.1) is 0 Å². The van der Waals surface area contributed by atoms with E-state index in [9.17, 15) is 0 Å². The molecule has 0 unspecified atom stereocenters. The maximum Gasteiger partial charge on any atom is 0.0341 e. The third kappa shape index (κ3) is 4.32. The second-order valence-corrected chi connectivity index (χ2v) is 5.57. The Kier molecular flexibility index (Phi) is 5.03. The molecule has 4 aliphatic rings. The summed E-state index contributed by atoms with van der Waals surface area (Å²) in [5.41, 5.74) is 4.71. The van der Waals surface area contributed by atoms with Gasteiger partial charge in [-0.25, -0.2) is 0 Å². The summed E-state index contributed by atoms with van der Waals surface area (Å²) >= 11 is 0. The minimum absolute atomic E-state index is 0.972. The van der Waals surface area contributed by atoms with Crippen LogP contribution in [-0.2, 0) is 0 Å². The standard InChI is InChI=1S/C18H24N4/c1-11-19-15-3-7-17(8-4-15)21-13-2-14-22-18-9-5-16(6-10-18)20-12-1/h3-10,19-22H,1-2,11-14H2. The van der Waals surface area contributed by atoms with Crippen LogP contribution in [0.2, 0.25) is 0 Å². The summed E-state index contributed by atoms with van der Waals surface area (Å²) in [7, 11) is 0. The number of benzene rings is 2. The number of hydrogen-bond donors (Lipinski definition) is 4. The molecule has 4 heteroatoms. The van der Waals surface area contributed by atoms with Crippen molar-refractivity contribution in [3.8, 4) is 0 Å². The van der Waals surface area contributed by atoms with Crippen LogP contribution in [-0.4, -0.2) is 26.2 Å². The quantitative estimate of drug-likeness (QED) is 0.597. The minimum atomic E-state index is 0.972. The summed E-state index contributed by atoms with van der Waals surface area (Å²) in [4.78, 5) is 0. The fourth-order valence-corrected chi connectivity index (χ4v) is 2.52. The maximum atomic E-state index is 3.46. The normalized spacial score (nSPS) is 15.6. The molecule has 4 bridgehead atoms. The highest BCUT2D eigenvalue weighted by molar-refractivity contribution is 5.55. The number of hydrogen-bond acceptors (Lipinski definition) is 4. The van der Waals surface area contributed by atoms with Gasteiger partial charge in [0.25, 0.3) is 0 Å². The summed E-state index contributed by atoms with van der Waals surface area (Å²) in [5.74, 6) is 0. The van der Waals surface area contributed by atoms with E-state index in [-0.39, 0.29) is 0 Å². The van der Waals surface area contributed by atoms with Crippen LogP contribution in [0.15, 0.2) is 48.5 Å². The van der Waals surface area contributed by atoms with Crippen LogP contribution in [0.1, 0.15) is 12.8 Å². The summed E-state index contributed by atoms with van der Waals surface area (Å²) < 4.78 is 0. The van der Waals surface area contributed by atoms with Gasteiger partial charge < -0.3 is 21.3 Å². The van der Waals surface area contributed by atoms with Crippen molar-refractivity contribution in [2.75, 3.05) is 47.4 Å². The van der Waals surface area contributed by atoms with Crippen LogP contribution in [0.25, 0.3) is 0 Å². The van der Waals surface area contributed by atoms with Crippen molar-refractivity contribution < 1.29 is 0 Å². The zero-order valence-electron chi connectivity index (χ0n) is 12.9. The zero-order chi connectivity index (χ0) is 15.0. The number of rotatable bonds is 0. The monoisotopic (exact) mass is 296 g/mol. The Balaban J connectivity index is 1.62. The maximum absolute atomic E-state index is 3.46. The summed E-state index contributed by atoms with van der Waals surface area (Å²) in [6, 6.07) is 17.1. The lowest BCUT2D eigenvalue weighted by atomic mass is 10.2. The number of anilines is 4. The predicted octanol–water partition coefficient (Wildman–Crippen LogP) is 3.83. The molecule has 116 valence electrons. The van der Waals surface area contributed by atoms with Crippen molar-refractivity contribution in [3.05, 3.63) is 48.5 Å². The molecule has 2 aromatic carbocycles. The molecular formula is C18H24N4. The Hall–Kier alpha value is -2.36. The Morgan fingerprint density at radius 2 is 0.636 bits per heavy atom. The third-order valence-corrected chi connectivity index (χ3v) is 3.79. The van der Waals surface area contributed by atoms with E-state index in [1.54, 1.807) is 0 Å². The molecule has 0 amide bonds. The van der Waals surface area contributed by atoms with Crippen molar-refractivity contribution in [1.82, 2.24) is 0 Å². The average molecular weight is 296 g/mol. The van der Waals surface area contributed by atoms with Gasteiger partial charge in [0.2, 0.25) is 0 Å². The SMILES string of the molecule is c1cc2ccc1NCCCNc1ccc(cc1)NCCCN2. The summed E-state index contributed by atoms with van der Waals surface area (Å²) in [6.45, 7) is 3.89. The molecule has 0 spiro atoms. The highest BCUT2D eigenvalue weighted by Gasteiger charge is 1.98. The molecule has 0 atom stereocenters. The van der Waals surface area contributed by atoms with Crippen molar-refractivity contribution in [2.24, 2.45) is 0 Å². The Morgan fingerprint density at radius 3 is 0.864 bits per heavy atom. The summed E-state index contributed by atoms with van der Waals surface area (Å²) in [6.07, 6.45) is 2.17. The van der Waals surface area contributed by atoms with Gasteiger partial charge in [-0.3, -0.25) is 0 Å². The van der Waals surface area contributed by atoms with Crippen LogP contribution in [0.3, 0.4) is 0 Å². The first-order valence-corrected chi connectivity index (χ1v) is 8.06. The van der Waals surface area contributed by atoms with E-state index in [2.05, 4.69) is 69.8 Å². The van der Waals surface area contributed by atoms with Gasteiger partial charge in [0, 0.05) is 48.9 Å². The molecule has 4 nitrogen and oxygen atoms in total. The van der Waals surface area contributed by atoms with Gasteiger partial charge in [-0.2, -0.15) is 0 Å². The van der Waals surface area contributed by atoms with E-state index in [1.165, 1.54) is 22.7 Å². The second kappa shape index (κ2) is 7.59. The Bertz CT molecular complexity index is 459. The van der Waals surface area contributed by atoms with Crippen molar-refractivity contribution in [1.29, 1.82) is 0 Å². The lowest BCUT2D eigenvalue weighted by molar-refractivity contribution is 0.905. The molecule has 0 aromatic heterocycles. The fourth-order valence-electron chi connectivity index (χ4n) is 2.52. The first-order chi connectivity index (χ1) is 10.9. The minimum Gasteiger partial charge on any atom is -0.385 e. The van der Waals surface area contributed by atoms with Crippen LogP contribution < -0.4 is 21.3 Å². The lowest BCUT2D eigenvalue weighted by Gasteiger charge is -2.12. The van der Waals surface area contributed by atoms with Gasteiger partial charge in [-0.05, 0) is 61.4 Å². The molecule has 4 aliphatic heterocycles. The molecule has 0 saturated heterocycles. The zero-order valence-corrected chi connectivity index (χ0v) is 12.9. The Morgan fingerprint density at radius 1 is 0.409 bits per heavy atom. The van der Waals surface area contributed by atoms with Gasteiger partial charge in [0.15, 0.2) is 0 Å². The van der Waals surface area contributed by atoms with Gasteiger partial charge in [0.05, 0.1) is 0 Å². The predicted molar refractivity (Wildman–Crippen MR) is 96.1 cm³/mol. The smallest absolute Gasteiger partial charge is 0.0341 e. The average Bonchev–Trinajstić information content (AvgIpc) is 2.56. The third-order valence-electron chi connectivity index (χ3n) is 3.79. The molecule has 22 heavy (non-hydrogen) atoms. The van der Waals surface area contributed by atoms with Gasteiger partial charge in [-0.1, -0.05) is 0 Å². The molecule has 0 fully saturated rings. The van der Waals surface area contributed by atoms with E-state index in [1.807, 2.05) is 0 Å². The highest BCUT2D eigenvalue weighted by Crippen LogP contribution is 2.15. The molecule has 4 heterocycles.